The number of rotatable bonds is 4. The van der Waals surface area contributed by atoms with E-state index in [0.29, 0.717) is 0 Å². The number of carbonyl (C=O) groups is 1. The van der Waals surface area contributed by atoms with Crippen molar-refractivity contribution in [1.82, 2.24) is 14.8 Å². The number of hydrogen-bond acceptors (Lipinski definition) is 5. The second kappa shape index (κ2) is 7.10. The smallest absolute Gasteiger partial charge is 0.244 e. The fourth-order valence-electron chi connectivity index (χ4n) is 2.96. The van der Waals surface area contributed by atoms with Crippen LogP contribution in [0.15, 0.2) is 41.9 Å². The van der Waals surface area contributed by atoms with Crippen LogP contribution < -0.4 is 4.90 Å². The second-order valence-electron chi connectivity index (χ2n) is 5.90. The number of likely N-dealkylation sites (N-methyl/N-ethyl adjacent to an activating group) is 1. The average Bonchev–Trinajstić information content (AvgIpc) is 3.10. The van der Waals surface area contributed by atoms with Crippen molar-refractivity contribution in [2.45, 2.75) is 6.04 Å². The minimum absolute atomic E-state index is 0.181. The molecule has 1 atom stereocenters. The lowest BCUT2D eigenvalue weighted by molar-refractivity contribution is -0.136. The third-order valence-electron chi connectivity index (χ3n) is 4.15. The van der Waals surface area contributed by atoms with Gasteiger partial charge in [0, 0.05) is 37.8 Å². The van der Waals surface area contributed by atoms with E-state index in [1.54, 1.807) is 11.3 Å². The van der Waals surface area contributed by atoms with Crippen molar-refractivity contribution in [3.63, 3.8) is 0 Å². The van der Waals surface area contributed by atoms with Crippen molar-refractivity contribution in [3.8, 4) is 0 Å². The average molecular weight is 330 g/mol. The fraction of sp³-hybridized carbons (Fsp3) is 0.412. The van der Waals surface area contributed by atoms with Crippen LogP contribution in [0.1, 0.15) is 11.6 Å². The van der Waals surface area contributed by atoms with Crippen molar-refractivity contribution in [3.05, 3.63) is 47.5 Å². The maximum absolute atomic E-state index is 13.0. The summed E-state index contributed by atoms with van der Waals surface area (Å²) < 4.78 is 0. The molecule has 1 aliphatic heterocycles. The molecule has 122 valence electrons. The standard InChI is InChI=1S/C17H22N4OS/c1-19(2)15(14-6-4-3-5-7-14)16(22)20-9-11-21(12-10-20)17-18-8-13-23-17/h3-8,13,15H,9-12H2,1-2H3/t15-/m1/s1. The van der Waals surface area contributed by atoms with Gasteiger partial charge >= 0.3 is 0 Å². The van der Waals surface area contributed by atoms with Gasteiger partial charge in [-0.2, -0.15) is 0 Å². The summed E-state index contributed by atoms with van der Waals surface area (Å²) in [6.07, 6.45) is 1.83. The largest absolute Gasteiger partial charge is 0.345 e. The third-order valence-corrected chi connectivity index (χ3v) is 4.98. The molecule has 1 fully saturated rings. The SMILES string of the molecule is CN(C)[C@@H](C(=O)N1CCN(c2nccs2)CC1)c1ccccc1. The fourth-order valence-corrected chi connectivity index (χ4v) is 3.66. The Morgan fingerprint density at radius 1 is 1.17 bits per heavy atom. The summed E-state index contributed by atoms with van der Waals surface area (Å²) in [5.41, 5.74) is 1.05. The van der Waals surface area contributed by atoms with Crippen molar-refractivity contribution in [2.24, 2.45) is 0 Å². The highest BCUT2D eigenvalue weighted by atomic mass is 32.1. The highest BCUT2D eigenvalue weighted by Gasteiger charge is 2.30. The molecule has 1 aromatic heterocycles. The van der Waals surface area contributed by atoms with Crippen molar-refractivity contribution in [2.75, 3.05) is 45.2 Å². The molecule has 6 heteroatoms. The lowest BCUT2D eigenvalue weighted by atomic mass is 10.0. The van der Waals surface area contributed by atoms with Gasteiger partial charge in [-0.25, -0.2) is 4.98 Å². The summed E-state index contributed by atoms with van der Waals surface area (Å²) in [6.45, 7) is 3.17. The quantitative estimate of drug-likeness (QED) is 0.861. The Morgan fingerprint density at radius 2 is 1.87 bits per heavy atom. The van der Waals surface area contributed by atoms with Crippen LogP contribution in [-0.2, 0) is 4.79 Å². The van der Waals surface area contributed by atoms with Crippen LogP contribution >= 0.6 is 11.3 Å². The summed E-state index contributed by atoms with van der Waals surface area (Å²) in [5.74, 6) is 0.181. The van der Waals surface area contributed by atoms with E-state index in [-0.39, 0.29) is 11.9 Å². The Balaban J connectivity index is 1.68. The van der Waals surface area contributed by atoms with Crippen molar-refractivity contribution >= 4 is 22.4 Å². The molecule has 0 bridgehead atoms. The predicted molar refractivity (Wildman–Crippen MR) is 93.8 cm³/mol. The number of benzene rings is 1. The Labute approximate surface area is 141 Å². The minimum atomic E-state index is -0.220. The third kappa shape index (κ3) is 3.54. The van der Waals surface area contributed by atoms with E-state index < -0.39 is 0 Å². The first-order valence-electron chi connectivity index (χ1n) is 7.81. The van der Waals surface area contributed by atoms with Gasteiger partial charge in [0.05, 0.1) is 0 Å². The molecule has 0 saturated carbocycles. The number of piperazine rings is 1. The zero-order valence-electron chi connectivity index (χ0n) is 13.6. The number of nitrogens with zero attached hydrogens (tertiary/aromatic N) is 4. The molecule has 0 spiro atoms. The molecule has 1 aromatic carbocycles. The lowest BCUT2D eigenvalue weighted by Crippen LogP contribution is -2.51. The van der Waals surface area contributed by atoms with Crippen molar-refractivity contribution in [1.29, 1.82) is 0 Å². The molecule has 1 aliphatic rings. The monoisotopic (exact) mass is 330 g/mol. The van der Waals surface area contributed by atoms with Gasteiger partial charge in [0.1, 0.15) is 6.04 Å². The Hall–Kier alpha value is -1.92. The first-order chi connectivity index (χ1) is 11.2. The normalized spacial score (nSPS) is 16.7. The van der Waals surface area contributed by atoms with Gasteiger partial charge < -0.3 is 9.80 Å². The maximum Gasteiger partial charge on any atom is 0.244 e. The molecule has 1 amide bonds. The lowest BCUT2D eigenvalue weighted by Gasteiger charge is -2.37. The van der Waals surface area contributed by atoms with Gasteiger partial charge in [0.25, 0.3) is 0 Å². The van der Waals surface area contributed by atoms with Gasteiger partial charge in [-0.1, -0.05) is 30.3 Å². The minimum Gasteiger partial charge on any atom is -0.345 e. The first-order valence-corrected chi connectivity index (χ1v) is 8.69. The van der Waals surface area contributed by atoms with E-state index in [1.807, 2.05) is 65.8 Å². The Morgan fingerprint density at radius 3 is 2.43 bits per heavy atom. The molecule has 23 heavy (non-hydrogen) atoms. The van der Waals surface area contributed by atoms with E-state index >= 15 is 0 Å². The maximum atomic E-state index is 13.0. The summed E-state index contributed by atoms with van der Waals surface area (Å²) in [6, 6.07) is 9.78. The number of amides is 1. The molecule has 3 rings (SSSR count). The van der Waals surface area contributed by atoms with Crippen LogP contribution in [-0.4, -0.2) is 61.0 Å². The van der Waals surface area contributed by atoms with Crippen LogP contribution in [0.2, 0.25) is 0 Å². The van der Waals surface area contributed by atoms with E-state index in [1.165, 1.54) is 0 Å². The molecule has 5 nitrogen and oxygen atoms in total. The van der Waals surface area contributed by atoms with Crippen molar-refractivity contribution < 1.29 is 4.79 Å². The number of anilines is 1. The zero-order chi connectivity index (χ0) is 16.2. The Kier molecular flexibility index (Phi) is 4.93. The summed E-state index contributed by atoms with van der Waals surface area (Å²) in [4.78, 5) is 23.6. The molecule has 0 radical (unpaired) electrons. The molecule has 2 heterocycles. The number of carbonyl (C=O) groups excluding carboxylic acids is 1. The highest BCUT2D eigenvalue weighted by molar-refractivity contribution is 7.13. The number of aromatic nitrogens is 1. The van der Waals surface area contributed by atoms with E-state index in [9.17, 15) is 4.79 Å². The molecule has 0 unspecified atom stereocenters. The topological polar surface area (TPSA) is 39.7 Å². The van der Waals surface area contributed by atoms with Gasteiger partial charge in [0.15, 0.2) is 5.13 Å². The van der Waals surface area contributed by atoms with Crippen LogP contribution in [0.5, 0.6) is 0 Å². The van der Waals surface area contributed by atoms with E-state index in [2.05, 4.69) is 9.88 Å². The van der Waals surface area contributed by atoms with Crippen LogP contribution in [0.25, 0.3) is 0 Å². The number of hydrogen-bond donors (Lipinski definition) is 0. The second-order valence-corrected chi connectivity index (χ2v) is 6.78. The Bertz CT molecular complexity index is 621. The van der Waals surface area contributed by atoms with Gasteiger partial charge in [-0.05, 0) is 19.7 Å². The molecule has 2 aromatic rings. The van der Waals surface area contributed by atoms with Gasteiger partial charge in [0.2, 0.25) is 5.91 Å². The summed E-state index contributed by atoms with van der Waals surface area (Å²) in [7, 11) is 3.92. The molecular formula is C17H22N4OS. The summed E-state index contributed by atoms with van der Waals surface area (Å²) in [5, 5.41) is 3.04. The molecule has 1 saturated heterocycles. The van der Waals surface area contributed by atoms with E-state index in [4.69, 9.17) is 0 Å². The summed E-state index contributed by atoms with van der Waals surface area (Å²) >= 11 is 1.65. The van der Waals surface area contributed by atoms with Gasteiger partial charge in [-0.3, -0.25) is 9.69 Å². The van der Waals surface area contributed by atoms with Crippen LogP contribution in [0, 0.1) is 0 Å². The number of thiazole rings is 1. The zero-order valence-corrected chi connectivity index (χ0v) is 14.4. The predicted octanol–water partition coefficient (Wildman–Crippen LogP) is 2.09. The van der Waals surface area contributed by atoms with Crippen LogP contribution in [0.4, 0.5) is 5.13 Å². The molecule has 0 N–H and O–H groups in total. The molecule has 0 aliphatic carbocycles. The van der Waals surface area contributed by atoms with Crippen LogP contribution in [0.3, 0.4) is 0 Å². The van der Waals surface area contributed by atoms with Gasteiger partial charge in [-0.15, -0.1) is 11.3 Å². The molecular weight excluding hydrogens is 308 g/mol. The highest BCUT2D eigenvalue weighted by Crippen LogP contribution is 2.23. The van der Waals surface area contributed by atoms with E-state index in [0.717, 1.165) is 36.9 Å². The first kappa shape index (κ1) is 16.0.